The van der Waals surface area contributed by atoms with Crippen LogP contribution in [0.1, 0.15) is 20.8 Å². The zero-order chi connectivity index (χ0) is 15.1. The lowest BCUT2D eigenvalue weighted by atomic mass is 10.2. The number of nitrogens with zero attached hydrogens (tertiary/aromatic N) is 1. The topological polar surface area (TPSA) is 71.5 Å². The van der Waals surface area contributed by atoms with E-state index < -0.39 is 29.1 Å². The van der Waals surface area contributed by atoms with Gasteiger partial charge in [-0.2, -0.15) is 0 Å². The van der Waals surface area contributed by atoms with Crippen molar-refractivity contribution in [1.29, 1.82) is 0 Å². The molecule has 0 unspecified atom stereocenters. The summed E-state index contributed by atoms with van der Waals surface area (Å²) in [5, 5.41) is 11.8. The second-order valence-corrected chi connectivity index (χ2v) is 6.01. The number of anilines is 1. The van der Waals surface area contributed by atoms with Crippen LogP contribution in [0, 0.1) is 11.6 Å². The largest absolute Gasteiger partial charge is 0.503 e. The number of halogens is 2. The molecule has 2 rings (SSSR count). The summed E-state index contributed by atoms with van der Waals surface area (Å²) >= 11 is 0.776. The van der Waals surface area contributed by atoms with Crippen LogP contribution < -0.4 is 5.32 Å². The molecule has 1 aromatic carbocycles. The van der Waals surface area contributed by atoms with Gasteiger partial charge in [0.1, 0.15) is 16.9 Å². The molecule has 0 atom stereocenters. The number of aromatic nitrogens is 1. The maximum Gasteiger partial charge on any atom is 0.413 e. The quantitative estimate of drug-likeness (QED) is 0.844. The smallest absolute Gasteiger partial charge is 0.413 e. The van der Waals surface area contributed by atoms with Gasteiger partial charge in [0.25, 0.3) is 0 Å². The fourth-order valence-electron chi connectivity index (χ4n) is 1.45. The van der Waals surface area contributed by atoms with Crippen molar-refractivity contribution in [2.75, 3.05) is 5.32 Å². The molecule has 8 heteroatoms. The summed E-state index contributed by atoms with van der Waals surface area (Å²) in [5.41, 5.74) is -0.932. The Morgan fingerprint density at radius 3 is 2.65 bits per heavy atom. The normalized spacial score (nSPS) is 11.7. The third-order valence-corrected chi connectivity index (χ3v) is 3.14. The first-order valence-electron chi connectivity index (χ1n) is 5.65. The lowest BCUT2D eigenvalue weighted by Crippen LogP contribution is -2.27. The lowest BCUT2D eigenvalue weighted by Gasteiger charge is -2.18. The van der Waals surface area contributed by atoms with Crippen LogP contribution >= 0.6 is 11.3 Å². The van der Waals surface area contributed by atoms with E-state index in [-0.39, 0.29) is 15.3 Å². The summed E-state index contributed by atoms with van der Waals surface area (Å²) in [7, 11) is 0. The average Bonchev–Trinajstić information content (AvgIpc) is 2.67. The first-order chi connectivity index (χ1) is 9.17. The van der Waals surface area contributed by atoms with E-state index in [0.717, 1.165) is 11.3 Å². The molecule has 0 radical (unpaired) electrons. The highest BCUT2D eigenvalue weighted by Crippen LogP contribution is 2.35. The van der Waals surface area contributed by atoms with E-state index >= 15 is 0 Å². The molecule has 0 fully saturated rings. The van der Waals surface area contributed by atoms with E-state index in [1.165, 1.54) is 0 Å². The Hall–Kier alpha value is -1.96. The van der Waals surface area contributed by atoms with Gasteiger partial charge in [-0.05, 0) is 20.8 Å². The van der Waals surface area contributed by atoms with Gasteiger partial charge in [0.15, 0.2) is 16.7 Å². The van der Waals surface area contributed by atoms with Crippen molar-refractivity contribution in [1.82, 2.24) is 4.98 Å². The molecule has 0 aliphatic heterocycles. The van der Waals surface area contributed by atoms with E-state index in [2.05, 4.69) is 10.3 Å². The van der Waals surface area contributed by atoms with Crippen molar-refractivity contribution < 1.29 is 23.4 Å². The summed E-state index contributed by atoms with van der Waals surface area (Å²) in [4.78, 5) is 15.3. The number of ether oxygens (including phenoxy) is 1. The van der Waals surface area contributed by atoms with Crippen LogP contribution in [-0.4, -0.2) is 21.8 Å². The van der Waals surface area contributed by atoms with Crippen LogP contribution in [0.4, 0.5) is 18.7 Å². The van der Waals surface area contributed by atoms with Crippen molar-refractivity contribution in [2.45, 2.75) is 26.4 Å². The summed E-state index contributed by atoms with van der Waals surface area (Å²) in [5.74, 6) is -2.72. The van der Waals surface area contributed by atoms with Crippen molar-refractivity contribution in [3.63, 3.8) is 0 Å². The molecule has 2 N–H and O–H groups in total. The molecule has 108 valence electrons. The Kier molecular flexibility index (Phi) is 3.51. The number of aromatic hydroxyl groups is 1. The van der Waals surface area contributed by atoms with Crippen molar-refractivity contribution in [2.24, 2.45) is 0 Å². The third kappa shape index (κ3) is 2.96. The van der Waals surface area contributed by atoms with E-state index in [1.807, 2.05) is 0 Å². The van der Waals surface area contributed by atoms with Gasteiger partial charge in [-0.15, -0.1) is 0 Å². The molecule has 2 aromatic rings. The summed E-state index contributed by atoms with van der Waals surface area (Å²) < 4.78 is 31.7. The van der Waals surface area contributed by atoms with Crippen LogP contribution in [0.2, 0.25) is 0 Å². The predicted octanol–water partition coefficient (Wildman–Crippen LogP) is 3.63. The van der Waals surface area contributed by atoms with Gasteiger partial charge in [0.2, 0.25) is 0 Å². The molecule has 1 aromatic heterocycles. The fraction of sp³-hybridized carbons (Fsp3) is 0.333. The Bertz CT molecular complexity index is 679. The number of phenols is 1. The minimum Gasteiger partial charge on any atom is -0.503 e. The van der Waals surface area contributed by atoms with Crippen molar-refractivity contribution in [3.05, 3.63) is 17.7 Å². The Labute approximate surface area is 117 Å². The highest BCUT2D eigenvalue weighted by molar-refractivity contribution is 7.22. The molecule has 0 saturated heterocycles. The lowest BCUT2D eigenvalue weighted by molar-refractivity contribution is 0.0636. The molecule has 0 spiro atoms. The average molecular weight is 302 g/mol. The minimum absolute atomic E-state index is 0.00838. The van der Waals surface area contributed by atoms with E-state index in [4.69, 9.17) is 4.74 Å². The summed E-state index contributed by atoms with van der Waals surface area (Å²) in [6, 6.07) is 0.563. The van der Waals surface area contributed by atoms with Gasteiger partial charge in [0, 0.05) is 6.07 Å². The standard InChI is InChI=1S/C12H12F2N2O3S/c1-12(2,3)19-11(18)16-10-15-7-8(17)5(13)4-6(14)9(7)20-10/h4,17H,1-3H3,(H,15,16,18). The predicted molar refractivity (Wildman–Crippen MR) is 71.1 cm³/mol. The number of rotatable bonds is 1. The number of carbonyl (C=O) groups is 1. The minimum atomic E-state index is -1.11. The highest BCUT2D eigenvalue weighted by Gasteiger charge is 2.20. The summed E-state index contributed by atoms with van der Waals surface area (Å²) in [6.07, 6.45) is -0.767. The molecule has 0 aliphatic carbocycles. The number of amides is 1. The Morgan fingerprint density at radius 2 is 2.05 bits per heavy atom. The maximum atomic E-state index is 13.5. The fourth-order valence-corrected chi connectivity index (χ4v) is 2.31. The number of phenolic OH excluding ortho intramolecular Hbond substituents is 1. The number of thiazole rings is 1. The van der Waals surface area contributed by atoms with Gasteiger partial charge in [0.05, 0.1) is 4.70 Å². The van der Waals surface area contributed by atoms with Crippen LogP contribution in [-0.2, 0) is 4.74 Å². The highest BCUT2D eigenvalue weighted by atomic mass is 32.1. The molecular weight excluding hydrogens is 290 g/mol. The second-order valence-electron chi connectivity index (χ2n) is 5.01. The molecule has 0 bridgehead atoms. The SMILES string of the molecule is CC(C)(C)OC(=O)Nc1nc2c(O)c(F)cc(F)c2s1. The van der Waals surface area contributed by atoms with Gasteiger partial charge in [-0.25, -0.2) is 18.6 Å². The first-order valence-corrected chi connectivity index (χ1v) is 6.46. The van der Waals surface area contributed by atoms with Gasteiger partial charge in [-0.1, -0.05) is 11.3 Å². The summed E-state index contributed by atoms with van der Waals surface area (Å²) in [6.45, 7) is 5.06. The molecule has 20 heavy (non-hydrogen) atoms. The van der Waals surface area contributed by atoms with E-state index in [9.17, 15) is 18.7 Å². The van der Waals surface area contributed by atoms with Gasteiger partial charge < -0.3 is 9.84 Å². The van der Waals surface area contributed by atoms with E-state index in [0.29, 0.717) is 6.07 Å². The first kappa shape index (κ1) is 14.4. The Morgan fingerprint density at radius 1 is 1.40 bits per heavy atom. The number of hydrogen-bond acceptors (Lipinski definition) is 5. The molecule has 0 aliphatic rings. The van der Waals surface area contributed by atoms with Crippen molar-refractivity contribution >= 4 is 32.8 Å². The number of carbonyl (C=O) groups excluding carboxylic acids is 1. The molecule has 1 heterocycles. The zero-order valence-electron chi connectivity index (χ0n) is 11.0. The van der Waals surface area contributed by atoms with Crippen LogP contribution in [0.3, 0.4) is 0 Å². The molecule has 0 saturated carbocycles. The van der Waals surface area contributed by atoms with E-state index in [1.54, 1.807) is 20.8 Å². The zero-order valence-corrected chi connectivity index (χ0v) is 11.8. The van der Waals surface area contributed by atoms with Crippen LogP contribution in [0.5, 0.6) is 5.75 Å². The number of nitrogens with one attached hydrogen (secondary N) is 1. The molecule has 5 nitrogen and oxygen atoms in total. The number of fused-ring (bicyclic) bond motifs is 1. The van der Waals surface area contributed by atoms with Crippen molar-refractivity contribution in [3.8, 4) is 5.75 Å². The molecule has 1 amide bonds. The van der Waals surface area contributed by atoms with Crippen LogP contribution in [0.25, 0.3) is 10.2 Å². The second kappa shape index (κ2) is 4.86. The number of hydrogen-bond donors (Lipinski definition) is 2. The van der Waals surface area contributed by atoms with Crippen LogP contribution in [0.15, 0.2) is 6.07 Å². The Balaban J connectivity index is 2.31. The monoisotopic (exact) mass is 302 g/mol. The third-order valence-electron chi connectivity index (χ3n) is 2.16. The number of benzene rings is 1. The van der Waals surface area contributed by atoms with Gasteiger partial charge in [-0.3, -0.25) is 5.32 Å². The maximum absolute atomic E-state index is 13.5. The molecular formula is C12H12F2N2O3S. The van der Waals surface area contributed by atoms with Gasteiger partial charge >= 0.3 is 6.09 Å².